The van der Waals surface area contributed by atoms with E-state index in [0.717, 1.165) is 50.7 Å². The number of hydrogen-bond donors (Lipinski definition) is 2. The molecule has 5 aromatic rings. The fraction of sp³-hybridized carbons (Fsp3) is 0.172. The van der Waals surface area contributed by atoms with E-state index >= 15 is 0 Å². The number of ether oxygens (including phenoxy) is 1. The van der Waals surface area contributed by atoms with E-state index in [-0.39, 0.29) is 12.5 Å². The molecule has 0 aliphatic heterocycles. The Morgan fingerprint density at radius 1 is 0.947 bits per heavy atom. The number of carbonyl (C=O) groups excluding carboxylic acids is 1. The summed E-state index contributed by atoms with van der Waals surface area (Å²) in [6.07, 6.45) is 0. The minimum Gasteiger partial charge on any atom is -0.483 e. The molecule has 1 amide bonds. The molecular weight excluding hydrogens is 496 g/mol. The van der Waals surface area contributed by atoms with Crippen LogP contribution in [0.15, 0.2) is 96.2 Å². The molecule has 0 atom stereocenters. The Hall–Kier alpha value is -4.21. The van der Waals surface area contributed by atoms with E-state index in [0.29, 0.717) is 12.3 Å². The Bertz CT molecular complexity index is 1510. The highest BCUT2D eigenvalue weighted by Gasteiger charge is 2.12. The highest BCUT2D eigenvalue weighted by atomic mass is 32.2. The molecule has 0 unspecified atom stereocenters. The molecule has 0 fully saturated rings. The molecule has 0 saturated heterocycles. The Labute approximate surface area is 225 Å². The second-order valence-electron chi connectivity index (χ2n) is 8.70. The molecule has 4 aromatic carbocycles. The van der Waals surface area contributed by atoms with E-state index in [1.54, 1.807) is 16.4 Å². The van der Waals surface area contributed by atoms with Gasteiger partial charge in [-0.1, -0.05) is 78.0 Å². The van der Waals surface area contributed by atoms with E-state index in [9.17, 15) is 4.79 Å². The van der Waals surface area contributed by atoms with E-state index in [4.69, 9.17) is 4.74 Å². The maximum Gasteiger partial charge on any atom is 0.262 e. The first-order chi connectivity index (χ1) is 18.7. The van der Waals surface area contributed by atoms with Gasteiger partial charge < -0.3 is 15.4 Å². The van der Waals surface area contributed by atoms with Crippen LogP contribution in [0.4, 0.5) is 5.69 Å². The highest BCUT2D eigenvalue weighted by molar-refractivity contribution is 7.99. The molecular formula is C29H28N6O2S. The van der Waals surface area contributed by atoms with Crippen LogP contribution in [0.3, 0.4) is 0 Å². The summed E-state index contributed by atoms with van der Waals surface area (Å²) >= 11 is 1.59. The quantitative estimate of drug-likeness (QED) is 0.185. The van der Waals surface area contributed by atoms with Crippen LogP contribution in [-0.2, 0) is 11.3 Å². The van der Waals surface area contributed by atoms with Gasteiger partial charge in [-0.15, -0.1) is 5.10 Å². The summed E-state index contributed by atoms with van der Waals surface area (Å²) in [4.78, 5) is 12.5. The Balaban J connectivity index is 1.20. The van der Waals surface area contributed by atoms with Gasteiger partial charge in [0.25, 0.3) is 5.91 Å². The van der Waals surface area contributed by atoms with Crippen molar-refractivity contribution in [3.8, 4) is 11.4 Å². The summed E-state index contributed by atoms with van der Waals surface area (Å²) in [5.74, 6) is 1.28. The van der Waals surface area contributed by atoms with Crippen molar-refractivity contribution in [3.63, 3.8) is 0 Å². The minimum atomic E-state index is -0.201. The molecule has 192 valence electrons. The van der Waals surface area contributed by atoms with Crippen molar-refractivity contribution in [2.75, 3.05) is 24.2 Å². The number of aromatic nitrogens is 4. The largest absolute Gasteiger partial charge is 0.483 e. The maximum atomic E-state index is 12.5. The number of hydrogen-bond acceptors (Lipinski definition) is 7. The molecule has 0 spiro atoms. The summed E-state index contributed by atoms with van der Waals surface area (Å²) < 4.78 is 7.74. The normalized spacial score (nSPS) is 11.0. The molecule has 0 saturated carbocycles. The van der Waals surface area contributed by atoms with Crippen LogP contribution >= 0.6 is 11.8 Å². The zero-order valence-electron chi connectivity index (χ0n) is 21.0. The number of aryl methyl sites for hydroxylation is 1. The number of tetrazole rings is 1. The molecule has 1 aromatic heterocycles. The van der Waals surface area contributed by atoms with Crippen LogP contribution in [0, 0.1) is 6.92 Å². The number of amides is 1. The minimum absolute atomic E-state index is 0.0722. The number of rotatable bonds is 11. The number of fused-ring (bicyclic) bond motifs is 1. The van der Waals surface area contributed by atoms with Crippen molar-refractivity contribution in [1.82, 2.24) is 25.5 Å². The summed E-state index contributed by atoms with van der Waals surface area (Å²) in [7, 11) is 0. The summed E-state index contributed by atoms with van der Waals surface area (Å²) in [6, 6.07) is 29.7. The standard InChI is InChI=1S/C29H28N6O2S/c1-21-11-14-23(15-12-21)31-28(36)20-37-27-16-13-22-7-5-6-10-25(22)26(27)19-30-17-18-38-29-32-33-34-35(29)24-8-3-2-4-9-24/h2-16,30H,17-20H2,1H3,(H,31,36). The third-order valence-corrected chi connectivity index (χ3v) is 6.87. The number of benzene rings is 4. The molecule has 0 bridgehead atoms. The SMILES string of the molecule is Cc1ccc(NC(=O)COc2ccc3ccccc3c2CNCCSc2nnnn2-c2ccccc2)cc1. The van der Waals surface area contributed by atoms with Crippen LogP contribution in [0.1, 0.15) is 11.1 Å². The van der Waals surface area contributed by atoms with Crippen LogP contribution < -0.4 is 15.4 Å². The first kappa shape index (κ1) is 25.4. The van der Waals surface area contributed by atoms with Gasteiger partial charge in [0, 0.05) is 30.1 Å². The highest BCUT2D eigenvalue weighted by Crippen LogP contribution is 2.28. The van der Waals surface area contributed by atoms with E-state index < -0.39 is 0 Å². The second-order valence-corrected chi connectivity index (χ2v) is 9.76. The van der Waals surface area contributed by atoms with Gasteiger partial charge in [0.1, 0.15) is 5.75 Å². The maximum absolute atomic E-state index is 12.5. The molecule has 0 radical (unpaired) electrons. The van der Waals surface area contributed by atoms with Crippen LogP contribution in [0.25, 0.3) is 16.5 Å². The predicted octanol–water partition coefficient (Wildman–Crippen LogP) is 5.02. The molecule has 1 heterocycles. The van der Waals surface area contributed by atoms with Crippen LogP contribution in [0.2, 0.25) is 0 Å². The van der Waals surface area contributed by atoms with Gasteiger partial charge in [-0.2, -0.15) is 4.68 Å². The molecule has 38 heavy (non-hydrogen) atoms. The van der Waals surface area contributed by atoms with Gasteiger partial charge in [0.15, 0.2) is 6.61 Å². The van der Waals surface area contributed by atoms with E-state index in [1.165, 1.54) is 0 Å². The zero-order valence-corrected chi connectivity index (χ0v) is 21.8. The lowest BCUT2D eigenvalue weighted by Crippen LogP contribution is -2.22. The third kappa shape index (κ3) is 6.37. The summed E-state index contributed by atoms with van der Waals surface area (Å²) in [5.41, 5.74) is 3.84. The molecule has 8 nitrogen and oxygen atoms in total. The number of carbonyl (C=O) groups is 1. The topological polar surface area (TPSA) is 94.0 Å². The number of para-hydroxylation sites is 1. The van der Waals surface area contributed by atoms with Gasteiger partial charge in [-0.3, -0.25) is 4.79 Å². The average Bonchev–Trinajstić information content (AvgIpc) is 3.42. The summed E-state index contributed by atoms with van der Waals surface area (Å²) in [6.45, 7) is 3.27. The third-order valence-electron chi connectivity index (χ3n) is 5.95. The van der Waals surface area contributed by atoms with Gasteiger partial charge >= 0.3 is 0 Å². The van der Waals surface area contributed by atoms with Crippen LogP contribution in [0.5, 0.6) is 5.75 Å². The Kier molecular flexibility index (Phi) is 8.27. The van der Waals surface area contributed by atoms with Gasteiger partial charge in [-0.05, 0) is 58.5 Å². The number of nitrogens with one attached hydrogen (secondary N) is 2. The van der Waals surface area contributed by atoms with Gasteiger partial charge in [0.2, 0.25) is 5.16 Å². The fourth-order valence-electron chi connectivity index (χ4n) is 4.04. The molecule has 2 N–H and O–H groups in total. The number of nitrogens with zero attached hydrogens (tertiary/aromatic N) is 4. The molecule has 0 aliphatic rings. The number of thioether (sulfide) groups is 1. The first-order valence-electron chi connectivity index (χ1n) is 12.3. The van der Waals surface area contributed by atoms with Crippen molar-refractivity contribution in [1.29, 1.82) is 0 Å². The van der Waals surface area contributed by atoms with Crippen molar-refractivity contribution < 1.29 is 9.53 Å². The fourth-order valence-corrected chi connectivity index (χ4v) is 4.83. The average molecular weight is 525 g/mol. The van der Waals surface area contributed by atoms with Gasteiger partial charge in [-0.25, -0.2) is 0 Å². The van der Waals surface area contributed by atoms with Crippen molar-refractivity contribution in [2.24, 2.45) is 0 Å². The molecule has 9 heteroatoms. The van der Waals surface area contributed by atoms with Crippen molar-refractivity contribution in [2.45, 2.75) is 18.6 Å². The molecule has 0 aliphatic carbocycles. The molecule has 5 rings (SSSR count). The summed E-state index contributed by atoms with van der Waals surface area (Å²) in [5, 5.41) is 21.4. The Morgan fingerprint density at radius 3 is 2.58 bits per heavy atom. The van der Waals surface area contributed by atoms with Crippen molar-refractivity contribution >= 4 is 34.1 Å². The van der Waals surface area contributed by atoms with Crippen molar-refractivity contribution in [3.05, 3.63) is 102 Å². The zero-order chi connectivity index (χ0) is 26.2. The predicted molar refractivity (Wildman–Crippen MR) is 151 cm³/mol. The number of anilines is 1. The van der Waals surface area contributed by atoms with E-state index in [1.807, 2.05) is 85.8 Å². The lowest BCUT2D eigenvalue weighted by Gasteiger charge is -2.15. The van der Waals surface area contributed by atoms with Gasteiger partial charge in [0.05, 0.1) is 5.69 Å². The monoisotopic (exact) mass is 524 g/mol. The lowest BCUT2D eigenvalue weighted by molar-refractivity contribution is -0.118. The second kappa shape index (κ2) is 12.4. The lowest BCUT2D eigenvalue weighted by atomic mass is 10.0. The van der Waals surface area contributed by atoms with Crippen LogP contribution in [-0.4, -0.2) is 45.0 Å². The van der Waals surface area contributed by atoms with E-state index in [2.05, 4.69) is 38.3 Å². The first-order valence-corrected chi connectivity index (χ1v) is 13.3. The Morgan fingerprint density at radius 2 is 1.74 bits per heavy atom. The smallest absolute Gasteiger partial charge is 0.262 e.